The molecular formula is C18H11F4NO2. The van der Waals surface area contributed by atoms with Crippen LogP contribution in [0.25, 0.3) is 16.7 Å². The molecule has 0 N–H and O–H groups in total. The third-order valence-electron chi connectivity index (χ3n) is 4.13. The Morgan fingerprint density at radius 3 is 2.60 bits per heavy atom. The van der Waals surface area contributed by atoms with Gasteiger partial charge in [0.05, 0.1) is 11.1 Å². The molecule has 2 aromatic rings. The van der Waals surface area contributed by atoms with E-state index in [2.05, 4.69) is 21.6 Å². The number of allylic oxidation sites excluding steroid dienone is 4. The van der Waals surface area contributed by atoms with Gasteiger partial charge in [0.1, 0.15) is 5.52 Å². The summed E-state index contributed by atoms with van der Waals surface area (Å²) in [6.45, 7) is 1.93. The minimum Gasteiger partial charge on any atom is -0.436 e. The highest BCUT2D eigenvalue weighted by atomic mass is 19.3. The molecule has 25 heavy (non-hydrogen) atoms. The summed E-state index contributed by atoms with van der Waals surface area (Å²) in [5.41, 5.74) is -0.187. The van der Waals surface area contributed by atoms with Crippen LogP contribution < -0.4 is 0 Å². The Bertz CT molecular complexity index is 954. The Labute approximate surface area is 140 Å². The lowest BCUT2D eigenvalue weighted by atomic mass is 10.0. The molecule has 1 aliphatic carbocycles. The largest absolute Gasteiger partial charge is 0.436 e. The second kappa shape index (κ2) is 5.20. The van der Waals surface area contributed by atoms with Crippen LogP contribution in [0.3, 0.4) is 0 Å². The van der Waals surface area contributed by atoms with Crippen LogP contribution in [0.2, 0.25) is 0 Å². The monoisotopic (exact) mass is 349 g/mol. The van der Waals surface area contributed by atoms with Crippen molar-refractivity contribution in [2.45, 2.75) is 32.0 Å². The summed E-state index contributed by atoms with van der Waals surface area (Å²) in [5.74, 6) is 5.99. The lowest BCUT2D eigenvalue weighted by Gasteiger charge is -2.10. The first kappa shape index (κ1) is 15.9. The molecule has 2 heterocycles. The van der Waals surface area contributed by atoms with E-state index in [0.717, 1.165) is 17.7 Å². The first-order valence-electron chi connectivity index (χ1n) is 7.61. The number of hydrogen-bond acceptors (Lipinski definition) is 3. The predicted octanol–water partition coefficient (Wildman–Crippen LogP) is 5.08. The van der Waals surface area contributed by atoms with Crippen molar-refractivity contribution in [2.75, 3.05) is 0 Å². The molecule has 3 nitrogen and oxygen atoms in total. The number of halogens is 4. The fourth-order valence-corrected chi connectivity index (χ4v) is 2.92. The van der Waals surface area contributed by atoms with E-state index in [1.165, 1.54) is 0 Å². The van der Waals surface area contributed by atoms with Gasteiger partial charge in [-0.2, -0.15) is 17.6 Å². The topological polar surface area (TPSA) is 35.3 Å². The number of alkyl halides is 4. The fourth-order valence-electron chi connectivity index (χ4n) is 2.92. The highest BCUT2D eigenvalue weighted by molar-refractivity contribution is 5.82. The molecule has 0 atom stereocenters. The van der Waals surface area contributed by atoms with Gasteiger partial charge in [-0.05, 0) is 30.2 Å². The molecule has 1 aromatic heterocycles. The maximum Gasteiger partial charge on any atom is 0.388 e. The number of fused-ring (bicyclic) bond motifs is 2. The van der Waals surface area contributed by atoms with Crippen LogP contribution in [0.15, 0.2) is 34.3 Å². The predicted molar refractivity (Wildman–Crippen MR) is 81.6 cm³/mol. The van der Waals surface area contributed by atoms with Gasteiger partial charge in [0.25, 0.3) is 0 Å². The molecule has 0 fully saturated rings. The highest BCUT2D eigenvalue weighted by Crippen LogP contribution is 2.52. The Morgan fingerprint density at radius 2 is 1.88 bits per heavy atom. The standard InChI is InChI=1S/C18H11F4NO2/c1-2-10-6-4-3-5-7-11(10)16-23-14-8-12-13(9-15(14)24-16)18(21,22)25-17(12,19)20/h6-9H,2,5H2,1H3. The number of ether oxygens (including phenoxy) is 1. The van der Waals surface area contributed by atoms with E-state index in [-0.39, 0.29) is 17.0 Å². The maximum atomic E-state index is 13.7. The SMILES string of the molecule is CCC1=CC#CCC=C1c1nc2cc3c(cc2o1)C(F)(F)OC3(F)F. The summed E-state index contributed by atoms with van der Waals surface area (Å²) in [6, 6.07) is 1.76. The van der Waals surface area contributed by atoms with Crippen molar-refractivity contribution in [3.05, 3.63) is 46.9 Å². The van der Waals surface area contributed by atoms with Crippen LogP contribution >= 0.6 is 0 Å². The summed E-state index contributed by atoms with van der Waals surface area (Å²) in [6.07, 6.45) is -3.45. The summed E-state index contributed by atoms with van der Waals surface area (Å²) in [7, 11) is 0. The van der Waals surface area contributed by atoms with E-state index in [1.54, 1.807) is 6.08 Å². The normalized spacial score (nSPS) is 20.4. The van der Waals surface area contributed by atoms with Gasteiger partial charge >= 0.3 is 12.2 Å². The van der Waals surface area contributed by atoms with E-state index in [0.29, 0.717) is 18.4 Å². The van der Waals surface area contributed by atoms with Crippen LogP contribution in [-0.4, -0.2) is 4.98 Å². The zero-order valence-electron chi connectivity index (χ0n) is 13.0. The molecule has 0 unspecified atom stereocenters. The van der Waals surface area contributed by atoms with Gasteiger partial charge in [-0.25, -0.2) is 9.72 Å². The summed E-state index contributed by atoms with van der Waals surface area (Å²) >= 11 is 0. The Balaban J connectivity index is 1.87. The van der Waals surface area contributed by atoms with E-state index < -0.39 is 23.3 Å². The van der Waals surface area contributed by atoms with Crippen molar-refractivity contribution in [3.63, 3.8) is 0 Å². The third kappa shape index (κ3) is 2.45. The van der Waals surface area contributed by atoms with Gasteiger partial charge in [-0.15, -0.1) is 0 Å². The second-order valence-electron chi connectivity index (χ2n) is 5.69. The van der Waals surface area contributed by atoms with Gasteiger partial charge in [0, 0.05) is 12.0 Å². The summed E-state index contributed by atoms with van der Waals surface area (Å²) in [4.78, 5) is 4.20. The van der Waals surface area contributed by atoms with Crippen LogP contribution in [0, 0.1) is 11.8 Å². The number of benzene rings is 1. The Hall–Kier alpha value is -2.59. The Morgan fingerprint density at radius 1 is 1.16 bits per heavy atom. The number of nitrogens with zero attached hydrogens (tertiary/aromatic N) is 1. The van der Waals surface area contributed by atoms with E-state index in [9.17, 15) is 17.6 Å². The Kier molecular flexibility index (Phi) is 3.31. The van der Waals surface area contributed by atoms with E-state index in [1.807, 2.05) is 13.0 Å². The number of aromatic nitrogens is 1. The second-order valence-corrected chi connectivity index (χ2v) is 5.69. The highest BCUT2D eigenvalue weighted by Gasteiger charge is 2.57. The zero-order chi connectivity index (χ0) is 17.8. The lowest BCUT2D eigenvalue weighted by Crippen LogP contribution is -2.17. The van der Waals surface area contributed by atoms with Gasteiger partial charge < -0.3 is 4.42 Å². The van der Waals surface area contributed by atoms with Crippen molar-refractivity contribution in [1.82, 2.24) is 4.98 Å². The molecule has 0 bridgehead atoms. The van der Waals surface area contributed by atoms with Crippen LogP contribution in [0.4, 0.5) is 17.6 Å². The molecule has 0 spiro atoms. The molecule has 0 saturated heterocycles. The molecule has 2 aliphatic rings. The average Bonchev–Trinajstić information content (AvgIpc) is 2.90. The first-order valence-corrected chi connectivity index (χ1v) is 7.61. The van der Waals surface area contributed by atoms with Crippen LogP contribution in [-0.2, 0) is 17.0 Å². The van der Waals surface area contributed by atoms with Crippen molar-refractivity contribution < 1.29 is 26.7 Å². The van der Waals surface area contributed by atoms with Gasteiger partial charge in [0.15, 0.2) is 5.58 Å². The number of oxazole rings is 1. The summed E-state index contributed by atoms with van der Waals surface area (Å²) in [5, 5.41) is 0. The third-order valence-corrected chi connectivity index (χ3v) is 4.13. The van der Waals surface area contributed by atoms with Gasteiger partial charge in [0.2, 0.25) is 5.89 Å². The van der Waals surface area contributed by atoms with Crippen molar-refractivity contribution in [1.29, 1.82) is 0 Å². The quantitative estimate of drug-likeness (QED) is 0.560. The van der Waals surface area contributed by atoms with Crippen molar-refractivity contribution >= 4 is 16.7 Å². The molecule has 1 aliphatic heterocycles. The molecule has 0 radical (unpaired) electrons. The molecule has 0 amide bonds. The average molecular weight is 349 g/mol. The number of hydrogen-bond donors (Lipinski definition) is 0. The van der Waals surface area contributed by atoms with E-state index >= 15 is 0 Å². The van der Waals surface area contributed by atoms with Crippen molar-refractivity contribution in [2.24, 2.45) is 0 Å². The van der Waals surface area contributed by atoms with E-state index in [4.69, 9.17) is 4.42 Å². The van der Waals surface area contributed by atoms with Gasteiger partial charge in [-0.3, -0.25) is 0 Å². The zero-order valence-corrected chi connectivity index (χ0v) is 13.0. The number of rotatable bonds is 2. The van der Waals surface area contributed by atoms with Crippen molar-refractivity contribution in [3.8, 4) is 11.8 Å². The minimum atomic E-state index is -4.08. The lowest BCUT2D eigenvalue weighted by molar-refractivity contribution is -0.369. The summed E-state index contributed by atoms with van der Waals surface area (Å²) < 4.78 is 63.9. The molecule has 128 valence electrons. The van der Waals surface area contributed by atoms with Crippen LogP contribution in [0.1, 0.15) is 36.8 Å². The smallest absolute Gasteiger partial charge is 0.388 e. The van der Waals surface area contributed by atoms with Gasteiger partial charge in [-0.1, -0.05) is 24.8 Å². The fraction of sp³-hybridized carbons (Fsp3) is 0.278. The molecule has 7 heteroatoms. The molecular weight excluding hydrogens is 338 g/mol. The minimum absolute atomic E-state index is 0.00348. The first-order chi connectivity index (χ1) is 11.8. The maximum absolute atomic E-state index is 13.7. The molecule has 0 saturated carbocycles. The van der Waals surface area contributed by atoms with Crippen LogP contribution in [0.5, 0.6) is 0 Å². The molecule has 1 aromatic carbocycles. The molecule has 4 rings (SSSR count).